The third-order valence-corrected chi connectivity index (χ3v) is 3.52. The van der Waals surface area contributed by atoms with Crippen LogP contribution in [0.3, 0.4) is 0 Å². The van der Waals surface area contributed by atoms with Gasteiger partial charge in [0.1, 0.15) is 12.1 Å². The highest BCUT2D eigenvalue weighted by Gasteiger charge is 2.45. The van der Waals surface area contributed by atoms with Gasteiger partial charge in [0.25, 0.3) is 5.91 Å². The second-order valence-electron chi connectivity index (χ2n) is 5.15. The molecule has 1 aliphatic heterocycles. The molecule has 0 aromatic carbocycles. The number of carbonyl (C=O) groups is 2. The fourth-order valence-electron chi connectivity index (χ4n) is 2.35. The predicted molar refractivity (Wildman–Crippen MR) is 65.0 cm³/mol. The standard InChI is InChI=1S/C13H21NO4/c1-3-17-11(15)9-14(10-5-6-10)12(16)13(2)7-4-8-18-13/h10H,3-9H2,1-2H3. The molecule has 1 amide bonds. The molecule has 0 aromatic heterocycles. The zero-order valence-corrected chi connectivity index (χ0v) is 11.1. The van der Waals surface area contributed by atoms with Crippen molar-refractivity contribution in [2.75, 3.05) is 19.8 Å². The van der Waals surface area contributed by atoms with Crippen molar-refractivity contribution in [3.05, 3.63) is 0 Å². The maximum atomic E-state index is 12.5. The number of ether oxygens (including phenoxy) is 2. The van der Waals surface area contributed by atoms with Crippen LogP contribution in [-0.2, 0) is 19.1 Å². The lowest BCUT2D eigenvalue weighted by Crippen LogP contribution is -2.49. The molecule has 1 atom stereocenters. The van der Waals surface area contributed by atoms with Gasteiger partial charge in [-0.2, -0.15) is 0 Å². The van der Waals surface area contributed by atoms with Crippen LogP contribution in [0.15, 0.2) is 0 Å². The number of amides is 1. The second kappa shape index (κ2) is 5.26. The van der Waals surface area contributed by atoms with Crippen LogP contribution in [0, 0.1) is 0 Å². The molecule has 0 bridgehead atoms. The summed E-state index contributed by atoms with van der Waals surface area (Å²) in [5, 5.41) is 0. The van der Waals surface area contributed by atoms with Crippen molar-refractivity contribution < 1.29 is 19.1 Å². The predicted octanol–water partition coefficient (Wildman–Crippen LogP) is 1.11. The smallest absolute Gasteiger partial charge is 0.325 e. The van der Waals surface area contributed by atoms with Crippen molar-refractivity contribution >= 4 is 11.9 Å². The van der Waals surface area contributed by atoms with Crippen molar-refractivity contribution in [1.82, 2.24) is 4.90 Å². The van der Waals surface area contributed by atoms with E-state index in [0.717, 1.165) is 25.7 Å². The molecule has 1 saturated heterocycles. The SMILES string of the molecule is CCOC(=O)CN(C(=O)C1(C)CCCO1)C1CC1. The van der Waals surface area contributed by atoms with E-state index < -0.39 is 5.60 Å². The Hall–Kier alpha value is -1.10. The van der Waals surface area contributed by atoms with E-state index in [9.17, 15) is 9.59 Å². The largest absolute Gasteiger partial charge is 0.465 e. The molecule has 1 saturated carbocycles. The van der Waals surface area contributed by atoms with E-state index in [-0.39, 0.29) is 24.5 Å². The maximum Gasteiger partial charge on any atom is 0.325 e. The number of esters is 1. The molecule has 5 heteroatoms. The third kappa shape index (κ3) is 2.83. The lowest BCUT2D eigenvalue weighted by atomic mass is 10.0. The highest BCUT2D eigenvalue weighted by atomic mass is 16.5. The number of carbonyl (C=O) groups excluding carboxylic acids is 2. The minimum Gasteiger partial charge on any atom is -0.465 e. The highest BCUT2D eigenvalue weighted by Crippen LogP contribution is 2.33. The molecule has 0 spiro atoms. The summed E-state index contributed by atoms with van der Waals surface area (Å²) in [5.74, 6) is -0.394. The summed E-state index contributed by atoms with van der Waals surface area (Å²) in [4.78, 5) is 25.7. The highest BCUT2D eigenvalue weighted by molar-refractivity contribution is 5.88. The summed E-state index contributed by atoms with van der Waals surface area (Å²) < 4.78 is 10.5. The molecule has 0 radical (unpaired) electrons. The van der Waals surface area contributed by atoms with Crippen molar-refractivity contribution in [2.24, 2.45) is 0 Å². The second-order valence-corrected chi connectivity index (χ2v) is 5.15. The van der Waals surface area contributed by atoms with Crippen LogP contribution < -0.4 is 0 Å². The van der Waals surface area contributed by atoms with Gasteiger partial charge in [-0.1, -0.05) is 0 Å². The number of nitrogens with zero attached hydrogens (tertiary/aromatic N) is 1. The molecular weight excluding hydrogens is 234 g/mol. The van der Waals surface area contributed by atoms with Crippen LogP contribution in [0.1, 0.15) is 39.5 Å². The Morgan fingerprint density at radius 2 is 2.17 bits per heavy atom. The third-order valence-electron chi connectivity index (χ3n) is 3.52. The fourth-order valence-corrected chi connectivity index (χ4v) is 2.35. The molecule has 1 unspecified atom stereocenters. The van der Waals surface area contributed by atoms with Gasteiger partial charge in [0, 0.05) is 12.6 Å². The maximum absolute atomic E-state index is 12.5. The molecule has 0 aromatic rings. The van der Waals surface area contributed by atoms with Crippen LogP contribution in [-0.4, -0.2) is 48.2 Å². The van der Waals surface area contributed by atoms with E-state index in [1.54, 1.807) is 11.8 Å². The van der Waals surface area contributed by atoms with E-state index in [2.05, 4.69) is 0 Å². The van der Waals surface area contributed by atoms with Gasteiger partial charge >= 0.3 is 5.97 Å². The zero-order valence-electron chi connectivity index (χ0n) is 11.1. The first-order valence-electron chi connectivity index (χ1n) is 6.67. The van der Waals surface area contributed by atoms with E-state index in [1.165, 1.54) is 0 Å². The van der Waals surface area contributed by atoms with Gasteiger partial charge in [-0.15, -0.1) is 0 Å². The van der Waals surface area contributed by atoms with Gasteiger partial charge in [0.05, 0.1) is 6.61 Å². The van der Waals surface area contributed by atoms with Gasteiger partial charge in [0.2, 0.25) is 0 Å². The van der Waals surface area contributed by atoms with E-state index in [1.807, 2.05) is 6.92 Å². The van der Waals surface area contributed by atoms with Crippen LogP contribution in [0.5, 0.6) is 0 Å². The molecular formula is C13H21NO4. The van der Waals surface area contributed by atoms with Crippen molar-refractivity contribution in [1.29, 1.82) is 0 Å². The van der Waals surface area contributed by atoms with Gasteiger partial charge in [-0.25, -0.2) is 0 Å². The lowest BCUT2D eigenvalue weighted by Gasteiger charge is -2.30. The summed E-state index contributed by atoms with van der Waals surface area (Å²) in [6, 6.07) is 0.197. The molecule has 18 heavy (non-hydrogen) atoms. The molecule has 102 valence electrons. The number of hydrogen-bond acceptors (Lipinski definition) is 4. The van der Waals surface area contributed by atoms with Crippen molar-refractivity contribution in [3.8, 4) is 0 Å². The van der Waals surface area contributed by atoms with Crippen molar-refractivity contribution in [3.63, 3.8) is 0 Å². The molecule has 2 rings (SSSR count). The van der Waals surface area contributed by atoms with E-state index in [0.29, 0.717) is 13.2 Å². The molecule has 2 fully saturated rings. The Bertz CT molecular complexity index is 332. The van der Waals surface area contributed by atoms with E-state index >= 15 is 0 Å². The Labute approximate surface area is 107 Å². The first kappa shape index (κ1) is 13.3. The molecule has 5 nitrogen and oxygen atoms in total. The minimum absolute atomic E-state index is 0.0519. The Kier molecular flexibility index (Phi) is 3.90. The fraction of sp³-hybridized carbons (Fsp3) is 0.846. The van der Waals surface area contributed by atoms with Gasteiger partial charge in [-0.05, 0) is 39.5 Å². The first-order chi connectivity index (χ1) is 8.57. The lowest BCUT2D eigenvalue weighted by molar-refractivity contribution is -0.158. The molecule has 1 heterocycles. The average molecular weight is 255 g/mol. The van der Waals surface area contributed by atoms with Crippen LogP contribution >= 0.6 is 0 Å². The molecule has 2 aliphatic rings. The normalized spacial score (nSPS) is 27.0. The quantitative estimate of drug-likeness (QED) is 0.691. The zero-order chi connectivity index (χ0) is 13.2. The summed E-state index contributed by atoms with van der Waals surface area (Å²) in [6.45, 7) is 4.61. The van der Waals surface area contributed by atoms with Crippen LogP contribution in [0.25, 0.3) is 0 Å². The summed E-state index contributed by atoms with van der Waals surface area (Å²) in [6.07, 6.45) is 3.58. The summed E-state index contributed by atoms with van der Waals surface area (Å²) >= 11 is 0. The Morgan fingerprint density at radius 1 is 1.44 bits per heavy atom. The first-order valence-corrected chi connectivity index (χ1v) is 6.67. The summed E-state index contributed by atoms with van der Waals surface area (Å²) in [5.41, 5.74) is -0.741. The van der Waals surface area contributed by atoms with E-state index in [4.69, 9.17) is 9.47 Å². The van der Waals surface area contributed by atoms with Gasteiger partial charge in [0.15, 0.2) is 0 Å². The Balaban J connectivity index is 2.00. The molecule has 0 N–H and O–H groups in total. The van der Waals surface area contributed by atoms with Crippen LogP contribution in [0.4, 0.5) is 0 Å². The van der Waals surface area contributed by atoms with Gasteiger partial charge < -0.3 is 14.4 Å². The molecule has 1 aliphatic carbocycles. The Morgan fingerprint density at radius 3 is 2.67 bits per heavy atom. The minimum atomic E-state index is -0.741. The van der Waals surface area contributed by atoms with Crippen molar-refractivity contribution in [2.45, 2.75) is 51.2 Å². The monoisotopic (exact) mass is 255 g/mol. The summed E-state index contributed by atoms with van der Waals surface area (Å²) in [7, 11) is 0. The number of rotatable bonds is 5. The van der Waals surface area contributed by atoms with Crippen LogP contribution in [0.2, 0.25) is 0 Å². The number of hydrogen-bond donors (Lipinski definition) is 0. The average Bonchev–Trinajstić information content (AvgIpc) is 3.08. The topological polar surface area (TPSA) is 55.8 Å². The van der Waals surface area contributed by atoms with Gasteiger partial charge in [-0.3, -0.25) is 9.59 Å².